The highest BCUT2D eigenvalue weighted by Gasteiger charge is 2.26. The van der Waals surface area contributed by atoms with Crippen LogP contribution in [0.15, 0.2) is 97.1 Å². The van der Waals surface area contributed by atoms with Gasteiger partial charge < -0.3 is 15.1 Å². The lowest BCUT2D eigenvalue weighted by molar-refractivity contribution is 0.0674. The van der Waals surface area contributed by atoms with Gasteiger partial charge in [0.2, 0.25) is 0 Å². The normalized spacial score (nSPS) is 11.5. The third-order valence-corrected chi connectivity index (χ3v) is 6.69. The highest BCUT2D eigenvalue weighted by Crippen LogP contribution is 2.31. The molecule has 7 heteroatoms. The lowest BCUT2D eigenvalue weighted by Gasteiger charge is -2.32. The van der Waals surface area contributed by atoms with E-state index in [0.717, 1.165) is 16.8 Å². The van der Waals surface area contributed by atoms with Crippen LogP contribution in [0, 0.1) is 5.82 Å². The molecule has 5 nitrogen and oxygen atoms in total. The highest BCUT2D eigenvalue weighted by molar-refractivity contribution is 6.33. The summed E-state index contributed by atoms with van der Waals surface area (Å²) in [4.78, 5) is 30.4. The molecule has 0 fully saturated rings. The van der Waals surface area contributed by atoms with Crippen LogP contribution in [0.25, 0.3) is 0 Å². The van der Waals surface area contributed by atoms with Crippen molar-refractivity contribution in [2.45, 2.75) is 19.5 Å². The van der Waals surface area contributed by atoms with Gasteiger partial charge in [-0.1, -0.05) is 60.1 Å². The number of anilines is 2. The highest BCUT2D eigenvalue weighted by atomic mass is 35.5. The fourth-order valence-corrected chi connectivity index (χ4v) is 4.54. The van der Waals surface area contributed by atoms with E-state index in [0.29, 0.717) is 16.3 Å². The predicted molar refractivity (Wildman–Crippen MR) is 151 cm³/mol. The largest absolute Gasteiger partial charge is 0.377 e. The van der Waals surface area contributed by atoms with Crippen molar-refractivity contribution in [3.8, 4) is 0 Å². The first-order chi connectivity index (χ1) is 18.2. The molecule has 0 heterocycles. The maximum atomic E-state index is 13.9. The summed E-state index contributed by atoms with van der Waals surface area (Å²) in [5.74, 6) is -1.11. The molecule has 0 saturated heterocycles. The van der Waals surface area contributed by atoms with Gasteiger partial charge in [-0.3, -0.25) is 9.59 Å². The number of nitrogens with zero attached hydrogens (tertiary/aromatic N) is 2. The molecule has 1 N–H and O–H groups in total. The lowest BCUT2D eigenvalue weighted by atomic mass is 10.0. The summed E-state index contributed by atoms with van der Waals surface area (Å²) in [7, 11) is 3.84. The summed E-state index contributed by atoms with van der Waals surface area (Å²) >= 11 is 6.42. The minimum Gasteiger partial charge on any atom is -0.377 e. The Morgan fingerprint density at radius 2 is 1.61 bits per heavy atom. The van der Waals surface area contributed by atoms with E-state index < -0.39 is 11.7 Å². The molecule has 0 saturated carbocycles. The van der Waals surface area contributed by atoms with Gasteiger partial charge in [0.1, 0.15) is 5.82 Å². The molecular weight excluding hydrogens is 501 g/mol. The van der Waals surface area contributed by atoms with Gasteiger partial charge in [0.05, 0.1) is 16.6 Å². The summed E-state index contributed by atoms with van der Waals surface area (Å²) in [6.07, 6.45) is 0. The average Bonchev–Trinajstić information content (AvgIpc) is 2.91. The van der Waals surface area contributed by atoms with E-state index in [-0.39, 0.29) is 24.1 Å². The number of amides is 2. The summed E-state index contributed by atoms with van der Waals surface area (Å²) < 4.78 is 13.6. The standard InChI is InChI=1S/C31H29ClFN3O2/c1-21(22-10-5-4-6-11-22)36(31(38)27-14-7-8-15-28(27)32)20-24-19-26(16-17-29(24)35(2)3)34-30(37)23-12-9-13-25(33)18-23/h4-19,21H,20H2,1-3H3,(H,34,37). The molecule has 4 rings (SSSR count). The van der Waals surface area contributed by atoms with Crippen molar-refractivity contribution in [1.29, 1.82) is 0 Å². The topological polar surface area (TPSA) is 52.7 Å². The first-order valence-electron chi connectivity index (χ1n) is 12.2. The first-order valence-corrected chi connectivity index (χ1v) is 12.6. The fraction of sp³-hybridized carbons (Fsp3) is 0.161. The number of nitrogens with one attached hydrogen (secondary N) is 1. The van der Waals surface area contributed by atoms with Gasteiger partial charge in [0.15, 0.2) is 0 Å². The molecule has 0 aromatic heterocycles. The van der Waals surface area contributed by atoms with E-state index in [2.05, 4.69) is 5.32 Å². The molecular formula is C31H29ClFN3O2. The van der Waals surface area contributed by atoms with Gasteiger partial charge in [-0.15, -0.1) is 0 Å². The third-order valence-electron chi connectivity index (χ3n) is 6.36. The van der Waals surface area contributed by atoms with Gasteiger partial charge in [-0.2, -0.15) is 0 Å². The summed E-state index contributed by atoms with van der Waals surface area (Å²) in [6.45, 7) is 2.24. The number of rotatable bonds is 8. The molecule has 4 aromatic carbocycles. The Kier molecular flexibility index (Phi) is 8.44. The molecule has 194 valence electrons. The first kappa shape index (κ1) is 26.9. The van der Waals surface area contributed by atoms with Crippen molar-refractivity contribution < 1.29 is 14.0 Å². The molecule has 38 heavy (non-hydrogen) atoms. The van der Waals surface area contributed by atoms with Crippen molar-refractivity contribution in [3.63, 3.8) is 0 Å². The van der Waals surface area contributed by atoms with Crippen LogP contribution in [0.5, 0.6) is 0 Å². The van der Waals surface area contributed by atoms with Gasteiger partial charge in [-0.25, -0.2) is 4.39 Å². The van der Waals surface area contributed by atoms with Gasteiger partial charge in [0.25, 0.3) is 11.8 Å². The SMILES string of the molecule is CC(c1ccccc1)N(Cc1cc(NC(=O)c2cccc(F)c2)ccc1N(C)C)C(=O)c1ccccc1Cl. The van der Waals surface area contributed by atoms with Crippen LogP contribution < -0.4 is 10.2 Å². The number of hydrogen-bond acceptors (Lipinski definition) is 3. The Hall–Kier alpha value is -4.16. The van der Waals surface area contributed by atoms with Crippen molar-refractivity contribution in [1.82, 2.24) is 4.90 Å². The van der Waals surface area contributed by atoms with Crippen molar-refractivity contribution >= 4 is 34.8 Å². The van der Waals surface area contributed by atoms with E-state index in [4.69, 9.17) is 11.6 Å². The zero-order valence-corrected chi connectivity index (χ0v) is 22.2. The summed E-state index contributed by atoms with van der Waals surface area (Å²) in [6, 6.07) is 27.6. The van der Waals surface area contributed by atoms with Crippen molar-refractivity contribution in [3.05, 3.63) is 130 Å². The van der Waals surface area contributed by atoms with Crippen molar-refractivity contribution in [2.24, 2.45) is 0 Å². The number of benzene rings is 4. The number of carbonyl (C=O) groups excluding carboxylic acids is 2. The minimum atomic E-state index is -0.482. The second-order valence-electron chi connectivity index (χ2n) is 9.20. The zero-order chi connectivity index (χ0) is 27.2. The van der Waals surface area contributed by atoms with E-state index >= 15 is 0 Å². The minimum absolute atomic E-state index is 0.203. The number of hydrogen-bond donors (Lipinski definition) is 1. The molecule has 4 aromatic rings. The van der Waals surface area contributed by atoms with Crippen LogP contribution in [0.4, 0.5) is 15.8 Å². The molecule has 0 spiro atoms. The Morgan fingerprint density at radius 1 is 0.895 bits per heavy atom. The van der Waals surface area contributed by atoms with Crippen LogP contribution in [0.3, 0.4) is 0 Å². The third kappa shape index (κ3) is 6.21. The Morgan fingerprint density at radius 3 is 2.29 bits per heavy atom. The van der Waals surface area contributed by atoms with E-state index in [9.17, 15) is 14.0 Å². The smallest absolute Gasteiger partial charge is 0.256 e. The molecule has 0 aliphatic rings. The molecule has 0 aliphatic heterocycles. The quantitative estimate of drug-likeness (QED) is 0.262. The van der Waals surface area contributed by atoms with Crippen LogP contribution in [-0.2, 0) is 6.54 Å². The molecule has 0 bridgehead atoms. The maximum absolute atomic E-state index is 13.9. The van der Waals surface area contributed by atoms with Crippen LogP contribution in [0.2, 0.25) is 5.02 Å². The Bertz CT molecular complexity index is 1440. The predicted octanol–water partition coefficient (Wildman–Crippen LogP) is 7.20. The maximum Gasteiger partial charge on any atom is 0.256 e. The fourth-order valence-electron chi connectivity index (χ4n) is 4.33. The second kappa shape index (κ2) is 11.9. The second-order valence-corrected chi connectivity index (χ2v) is 9.61. The monoisotopic (exact) mass is 529 g/mol. The molecule has 1 atom stereocenters. The Balaban J connectivity index is 1.71. The molecule has 2 amide bonds. The van der Waals surface area contributed by atoms with Crippen LogP contribution >= 0.6 is 11.6 Å². The van der Waals surface area contributed by atoms with Crippen LogP contribution in [-0.4, -0.2) is 30.8 Å². The van der Waals surface area contributed by atoms with Gasteiger partial charge in [0, 0.05) is 37.6 Å². The molecule has 0 aliphatic carbocycles. The van der Waals surface area contributed by atoms with E-state index in [1.54, 1.807) is 41.3 Å². The van der Waals surface area contributed by atoms with Crippen LogP contribution in [0.1, 0.15) is 44.8 Å². The van der Waals surface area contributed by atoms with E-state index in [1.807, 2.05) is 68.4 Å². The molecule has 0 radical (unpaired) electrons. The molecule has 1 unspecified atom stereocenters. The number of halogens is 2. The number of carbonyl (C=O) groups is 2. The zero-order valence-electron chi connectivity index (χ0n) is 21.5. The lowest BCUT2D eigenvalue weighted by Crippen LogP contribution is -2.34. The van der Waals surface area contributed by atoms with Gasteiger partial charge >= 0.3 is 0 Å². The summed E-state index contributed by atoms with van der Waals surface area (Å²) in [5, 5.41) is 3.23. The summed E-state index contributed by atoms with van der Waals surface area (Å²) in [5.41, 5.74) is 3.88. The van der Waals surface area contributed by atoms with Crippen molar-refractivity contribution in [2.75, 3.05) is 24.3 Å². The van der Waals surface area contributed by atoms with E-state index in [1.165, 1.54) is 18.2 Å². The Labute approximate surface area is 227 Å². The van der Waals surface area contributed by atoms with Gasteiger partial charge in [-0.05, 0) is 66.6 Å². The average molecular weight is 530 g/mol.